The molecule has 1 aromatic rings. The van der Waals surface area contributed by atoms with Gasteiger partial charge in [-0.05, 0) is 36.8 Å². The maximum Gasteiger partial charge on any atom is 0.120 e. The predicted octanol–water partition coefficient (Wildman–Crippen LogP) is 4.60. The first-order valence-corrected chi connectivity index (χ1v) is 7.24. The second kappa shape index (κ2) is 6.01. The highest BCUT2D eigenvalue weighted by Crippen LogP contribution is 2.37. The first kappa shape index (κ1) is 13.1. The number of rotatable bonds is 4. The molecule has 1 aromatic carbocycles. The second-order valence-electron chi connectivity index (χ2n) is 4.96. The minimum absolute atomic E-state index is 0.268. The molecular formula is C14H19ClOS. The van der Waals surface area contributed by atoms with E-state index in [1.165, 1.54) is 32.1 Å². The van der Waals surface area contributed by atoms with Gasteiger partial charge < -0.3 is 4.74 Å². The van der Waals surface area contributed by atoms with E-state index in [0.717, 1.165) is 23.1 Å². The van der Waals surface area contributed by atoms with Crippen molar-refractivity contribution in [1.82, 2.24) is 0 Å². The summed E-state index contributed by atoms with van der Waals surface area (Å²) in [5.74, 6) is 1.78. The average Bonchev–Trinajstić information content (AvgIpc) is 2.38. The molecule has 1 fully saturated rings. The molecule has 0 N–H and O–H groups in total. The molecule has 0 amide bonds. The molecule has 2 rings (SSSR count). The lowest BCUT2D eigenvalue weighted by Crippen LogP contribution is -2.32. The van der Waals surface area contributed by atoms with Crippen LogP contribution in [0.25, 0.3) is 0 Å². The zero-order chi connectivity index (χ0) is 12.1. The lowest BCUT2D eigenvalue weighted by Gasteiger charge is -2.35. The molecule has 0 saturated heterocycles. The molecule has 1 nitrogen and oxygen atoms in total. The van der Waals surface area contributed by atoms with Crippen LogP contribution in [0, 0.1) is 5.41 Å². The van der Waals surface area contributed by atoms with E-state index in [1.807, 2.05) is 24.3 Å². The van der Waals surface area contributed by atoms with E-state index < -0.39 is 0 Å². The standard InChI is InChI=1S/C14H19ClOS/c15-12-5-4-6-13(9-12)16-10-14(11-17)7-2-1-3-8-14/h4-6,9,17H,1-3,7-8,10-11H2. The summed E-state index contributed by atoms with van der Waals surface area (Å²) in [6, 6.07) is 7.62. The van der Waals surface area contributed by atoms with Crippen LogP contribution in [0.2, 0.25) is 5.02 Å². The quantitative estimate of drug-likeness (QED) is 0.787. The number of halogens is 1. The Hall–Kier alpha value is -0.340. The van der Waals surface area contributed by atoms with Crippen LogP contribution in [0.4, 0.5) is 0 Å². The Morgan fingerprint density at radius 1 is 1.24 bits per heavy atom. The number of hydrogen-bond donors (Lipinski definition) is 1. The predicted molar refractivity (Wildman–Crippen MR) is 76.3 cm³/mol. The zero-order valence-electron chi connectivity index (χ0n) is 9.99. The molecule has 0 atom stereocenters. The van der Waals surface area contributed by atoms with E-state index in [9.17, 15) is 0 Å². The summed E-state index contributed by atoms with van der Waals surface area (Å²) < 4.78 is 5.89. The second-order valence-corrected chi connectivity index (χ2v) is 5.72. The fourth-order valence-electron chi connectivity index (χ4n) is 2.44. The molecule has 1 aliphatic carbocycles. The highest BCUT2D eigenvalue weighted by atomic mass is 35.5. The van der Waals surface area contributed by atoms with Gasteiger partial charge in [0.2, 0.25) is 0 Å². The lowest BCUT2D eigenvalue weighted by atomic mass is 9.76. The minimum atomic E-state index is 0.268. The molecule has 3 heteroatoms. The van der Waals surface area contributed by atoms with Crippen LogP contribution in [0.1, 0.15) is 32.1 Å². The summed E-state index contributed by atoms with van der Waals surface area (Å²) in [5.41, 5.74) is 0.268. The number of thiol groups is 1. The fraction of sp³-hybridized carbons (Fsp3) is 0.571. The van der Waals surface area contributed by atoms with Gasteiger partial charge in [0.25, 0.3) is 0 Å². The topological polar surface area (TPSA) is 9.23 Å². The monoisotopic (exact) mass is 270 g/mol. The summed E-state index contributed by atoms with van der Waals surface area (Å²) >= 11 is 10.4. The van der Waals surface area contributed by atoms with Crippen molar-refractivity contribution in [2.75, 3.05) is 12.4 Å². The van der Waals surface area contributed by atoms with Gasteiger partial charge in [-0.25, -0.2) is 0 Å². The van der Waals surface area contributed by atoms with Crippen LogP contribution in [0.3, 0.4) is 0 Å². The Labute approximate surface area is 114 Å². The van der Waals surface area contributed by atoms with Gasteiger partial charge >= 0.3 is 0 Å². The summed E-state index contributed by atoms with van der Waals surface area (Å²) in [7, 11) is 0. The van der Waals surface area contributed by atoms with Gasteiger partial charge in [0.05, 0.1) is 6.61 Å². The first-order chi connectivity index (χ1) is 8.24. The molecule has 94 valence electrons. The maximum absolute atomic E-state index is 5.94. The Morgan fingerprint density at radius 2 is 2.00 bits per heavy atom. The van der Waals surface area contributed by atoms with E-state index in [2.05, 4.69) is 12.6 Å². The van der Waals surface area contributed by atoms with Crippen molar-refractivity contribution in [1.29, 1.82) is 0 Å². The molecule has 0 radical (unpaired) electrons. The molecule has 1 saturated carbocycles. The van der Waals surface area contributed by atoms with E-state index in [0.29, 0.717) is 0 Å². The third-order valence-electron chi connectivity index (χ3n) is 3.59. The maximum atomic E-state index is 5.94. The van der Waals surface area contributed by atoms with Crippen LogP contribution in [-0.2, 0) is 0 Å². The van der Waals surface area contributed by atoms with Crippen molar-refractivity contribution in [2.45, 2.75) is 32.1 Å². The molecule has 0 unspecified atom stereocenters. The van der Waals surface area contributed by atoms with Crippen molar-refractivity contribution in [3.05, 3.63) is 29.3 Å². The summed E-state index contributed by atoms with van der Waals surface area (Å²) in [6.45, 7) is 0.761. The van der Waals surface area contributed by atoms with Gasteiger partial charge in [-0.1, -0.05) is 36.9 Å². The van der Waals surface area contributed by atoms with Crippen LogP contribution in [-0.4, -0.2) is 12.4 Å². The van der Waals surface area contributed by atoms with Crippen molar-refractivity contribution in [3.63, 3.8) is 0 Å². The Morgan fingerprint density at radius 3 is 2.65 bits per heavy atom. The Kier molecular flexibility index (Phi) is 4.63. The Balaban J connectivity index is 1.95. The van der Waals surface area contributed by atoms with Gasteiger partial charge in [0.1, 0.15) is 5.75 Å². The lowest BCUT2D eigenvalue weighted by molar-refractivity contribution is 0.121. The van der Waals surface area contributed by atoms with E-state index in [1.54, 1.807) is 0 Å². The minimum Gasteiger partial charge on any atom is -0.493 e. The van der Waals surface area contributed by atoms with Crippen LogP contribution in [0.15, 0.2) is 24.3 Å². The van der Waals surface area contributed by atoms with Crippen LogP contribution >= 0.6 is 24.2 Å². The normalized spacial score (nSPS) is 18.9. The molecule has 0 bridgehead atoms. The fourth-order valence-corrected chi connectivity index (χ4v) is 3.03. The third kappa shape index (κ3) is 3.56. The summed E-state index contributed by atoms with van der Waals surface area (Å²) in [4.78, 5) is 0. The molecular weight excluding hydrogens is 252 g/mol. The largest absolute Gasteiger partial charge is 0.493 e. The van der Waals surface area contributed by atoms with Crippen molar-refractivity contribution < 1.29 is 4.74 Å². The van der Waals surface area contributed by atoms with Gasteiger partial charge in [-0.2, -0.15) is 12.6 Å². The van der Waals surface area contributed by atoms with Crippen molar-refractivity contribution in [2.24, 2.45) is 5.41 Å². The van der Waals surface area contributed by atoms with Gasteiger partial charge in [0.15, 0.2) is 0 Å². The molecule has 1 aliphatic rings. The molecule has 0 aromatic heterocycles. The summed E-state index contributed by atoms with van der Waals surface area (Å²) in [5, 5.41) is 0.728. The zero-order valence-corrected chi connectivity index (χ0v) is 11.6. The molecule has 0 heterocycles. The van der Waals surface area contributed by atoms with E-state index in [-0.39, 0.29) is 5.41 Å². The number of ether oxygens (including phenoxy) is 1. The highest BCUT2D eigenvalue weighted by Gasteiger charge is 2.31. The smallest absolute Gasteiger partial charge is 0.120 e. The number of hydrogen-bond acceptors (Lipinski definition) is 2. The Bertz CT molecular complexity index is 361. The SMILES string of the molecule is SCC1(COc2cccc(Cl)c2)CCCCC1. The summed E-state index contributed by atoms with van der Waals surface area (Å²) in [6.07, 6.45) is 6.43. The average molecular weight is 271 g/mol. The first-order valence-electron chi connectivity index (χ1n) is 6.23. The molecule has 17 heavy (non-hydrogen) atoms. The van der Waals surface area contributed by atoms with E-state index >= 15 is 0 Å². The van der Waals surface area contributed by atoms with E-state index in [4.69, 9.17) is 16.3 Å². The third-order valence-corrected chi connectivity index (χ3v) is 4.50. The van der Waals surface area contributed by atoms with Gasteiger partial charge in [0, 0.05) is 10.4 Å². The van der Waals surface area contributed by atoms with Gasteiger partial charge in [-0.15, -0.1) is 0 Å². The van der Waals surface area contributed by atoms with Crippen LogP contribution in [0.5, 0.6) is 5.75 Å². The van der Waals surface area contributed by atoms with Crippen LogP contribution < -0.4 is 4.74 Å². The van der Waals surface area contributed by atoms with Gasteiger partial charge in [-0.3, -0.25) is 0 Å². The number of benzene rings is 1. The van der Waals surface area contributed by atoms with Crippen molar-refractivity contribution >= 4 is 24.2 Å². The molecule has 0 aliphatic heterocycles. The highest BCUT2D eigenvalue weighted by molar-refractivity contribution is 7.80. The van der Waals surface area contributed by atoms with Crippen molar-refractivity contribution in [3.8, 4) is 5.75 Å². The molecule has 0 spiro atoms.